The van der Waals surface area contributed by atoms with Crippen molar-refractivity contribution in [3.63, 3.8) is 0 Å². The molecule has 0 aliphatic heterocycles. The van der Waals surface area contributed by atoms with Crippen molar-refractivity contribution < 1.29 is 0 Å². The van der Waals surface area contributed by atoms with Crippen LogP contribution in [-0.4, -0.2) is 0 Å². The van der Waals surface area contributed by atoms with E-state index in [1.165, 1.54) is 417 Å². The van der Waals surface area contributed by atoms with Gasteiger partial charge in [0.15, 0.2) is 0 Å². The van der Waals surface area contributed by atoms with Crippen LogP contribution in [0.25, 0.3) is 0 Å². The van der Waals surface area contributed by atoms with Gasteiger partial charge in [0.25, 0.3) is 0 Å². The maximum Gasteiger partial charge on any atom is -0.0316 e. The van der Waals surface area contributed by atoms with Crippen LogP contribution in [0.4, 0.5) is 0 Å². The minimum absolute atomic E-state index is 1.19. The fraction of sp³-hybridized carbons (Fsp3) is 0.619. The van der Waals surface area contributed by atoms with Gasteiger partial charge in [-0.15, -0.1) is 0 Å². The van der Waals surface area contributed by atoms with Crippen LogP contribution < -0.4 is 0 Å². The van der Waals surface area contributed by atoms with E-state index in [4.69, 9.17) is 0 Å². The number of allylic oxidation sites excluding steroid dienone is 40. The first kappa shape index (κ1) is 97.8. The molecule has 0 aromatic carbocycles. The highest BCUT2D eigenvalue weighted by Crippen LogP contribution is 2.16. The molecule has 0 spiro atoms. The van der Waals surface area contributed by atoms with Crippen LogP contribution in [0.3, 0.4) is 0 Å². The Balaban J connectivity index is 0.000000604. The van der Waals surface area contributed by atoms with E-state index in [-0.39, 0.29) is 0 Å². The maximum absolute atomic E-state index is 2.39. The average molecular weight is 1430 g/mol. The molecule has 0 fully saturated rings. The molecule has 0 nitrogen and oxygen atoms in total. The van der Waals surface area contributed by atoms with E-state index in [9.17, 15) is 0 Å². The van der Waals surface area contributed by atoms with Crippen molar-refractivity contribution in [1.29, 1.82) is 0 Å². The second kappa shape index (κ2) is 94.9. The molecule has 0 N–H and O–H groups in total. The largest absolute Gasteiger partial charge is 0.0885 e. The van der Waals surface area contributed by atoms with Crippen molar-refractivity contribution in [2.45, 2.75) is 417 Å². The predicted octanol–water partition coefficient (Wildman–Crippen LogP) is 36.5. The molecule has 0 aromatic rings. The summed E-state index contributed by atoms with van der Waals surface area (Å²) in [5.41, 5.74) is 0. The Morgan fingerprint density at radius 1 is 0.0476 bits per heavy atom. The van der Waals surface area contributed by atoms with Gasteiger partial charge in [-0.05, 0) is 360 Å². The van der Waals surface area contributed by atoms with Crippen molar-refractivity contribution in [2.75, 3.05) is 0 Å². The summed E-state index contributed by atoms with van der Waals surface area (Å²) in [5, 5.41) is 0. The molecule has 590 valence electrons. The molecular formula is C105H170. The minimum atomic E-state index is 1.19. The van der Waals surface area contributed by atoms with Crippen LogP contribution in [0.1, 0.15) is 417 Å². The zero-order valence-electron chi connectivity index (χ0n) is 69.1. The van der Waals surface area contributed by atoms with Crippen LogP contribution in [0.15, 0.2) is 243 Å². The third kappa shape index (κ3) is 92.9. The van der Waals surface area contributed by atoms with Crippen molar-refractivity contribution in [1.82, 2.24) is 0 Å². The van der Waals surface area contributed by atoms with Gasteiger partial charge in [0.1, 0.15) is 0 Å². The highest BCUT2D eigenvalue weighted by molar-refractivity contribution is 4.98. The van der Waals surface area contributed by atoms with Crippen molar-refractivity contribution in [3.05, 3.63) is 243 Å². The summed E-state index contributed by atoms with van der Waals surface area (Å²) in [6.07, 6.45) is 178. The molecule has 0 bridgehead atoms. The van der Waals surface area contributed by atoms with Crippen LogP contribution in [-0.2, 0) is 0 Å². The summed E-state index contributed by atoms with van der Waals surface area (Å²) in [7, 11) is 0. The molecule has 8 rings (SSSR count). The molecule has 0 saturated heterocycles. The van der Waals surface area contributed by atoms with Crippen molar-refractivity contribution >= 4 is 0 Å². The number of hydrogen-bond acceptors (Lipinski definition) is 0. The van der Waals surface area contributed by atoms with Gasteiger partial charge in [0.05, 0.1) is 0 Å². The molecule has 0 aromatic heterocycles. The molecule has 0 atom stereocenters. The molecule has 0 heterocycles. The van der Waals surface area contributed by atoms with Gasteiger partial charge in [0, 0.05) is 0 Å². The lowest BCUT2D eigenvalue weighted by atomic mass is 10.1. The van der Waals surface area contributed by atoms with Crippen LogP contribution >= 0.6 is 0 Å². The monoisotopic (exact) mass is 1430 g/mol. The van der Waals surface area contributed by atoms with E-state index < -0.39 is 0 Å². The Labute approximate surface area is 656 Å². The fourth-order valence-corrected chi connectivity index (χ4v) is 12.8. The number of hydrogen-bond donors (Lipinski definition) is 0. The molecule has 0 amide bonds. The van der Waals surface area contributed by atoms with E-state index in [0.29, 0.717) is 0 Å². The topological polar surface area (TPSA) is 0 Å². The number of rotatable bonds is 0. The van der Waals surface area contributed by atoms with Gasteiger partial charge in [0.2, 0.25) is 0 Å². The molecular weight excluding hydrogens is 1260 g/mol. The molecule has 8 aliphatic carbocycles. The minimum Gasteiger partial charge on any atom is -0.0885 e. The Morgan fingerprint density at radius 2 is 0.105 bits per heavy atom. The Morgan fingerprint density at radius 3 is 0.190 bits per heavy atom. The zero-order chi connectivity index (χ0) is 74.2. The maximum atomic E-state index is 2.39. The van der Waals surface area contributed by atoms with Gasteiger partial charge in [-0.3, -0.25) is 0 Å². The summed E-state index contributed by atoms with van der Waals surface area (Å²) in [6.45, 7) is 0. The van der Waals surface area contributed by atoms with Gasteiger partial charge < -0.3 is 0 Å². The first-order valence-corrected chi connectivity index (χ1v) is 45.5. The van der Waals surface area contributed by atoms with E-state index in [0.717, 1.165) is 0 Å². The molecule has 0 unspecified atom stereocenters. The summed E-state index contributed by atoms with van der Waals surface area (Å²) in [4.78, 5) is 0. The van der Waals surface area contributed by atoms with E-state index in [1.807, 2.05) is 0 Å². The highest BCUT2D eigenvalue weighted by Gasteiger charge is 1.96. The molecule has 0 saturated carbocycles. The van der Waals surface area contributed by atoms with E-state index >= 15 is 0 Å². The first-order valence-electron chi connectivity index (χ1n) is 45.5. The lowest BCUT2D eigenvalue weighted by molar-refractivity contribution is 0.638. The quantitative estimate of drug-likeness (QED) is 0.212. The standard InChI is InChI=1S/C16H28.C16H24.C15H24.C14H24.2C12H20.C12H18.C8H12/c2*1-2-4-6-8-10-12-14-16-15-13-11-9-7-5-3-1;1-2-4-6-8-10-12-14-15-13-11-9-7-5-3-1;1-2-4-6-8-10-12-14-13-11-9-7-5-3-1;3*1-2-4-6-8-10-12-11-9-7-5-3-1;1-2-4-6-8-7-5-3-1/h1-2,15-16H,3-14H2;1-2,7-10,15-16H,3-6,11-14H2;1-2,9-12H,3-8,13-15H2;1-2,13-14H,3-12H2;1-2,9,11H,3-8,10,12H2;1-2,7,9H,3-6,8,10-12H2;1-2,7-10H,3-6,11-12H2;1-2,7-8H,3-6H2/b2-1+,16-15?;2-1-,9-7+,10-8?,16-15+;2-1+,11-9+,12-10?;2-1+,14-13?;2-1+,11-9?;2-1+,9-7?;2-1+,9-7+,10-8?;2-1-,8-7?. The lowest BCUT2D eigenvalue weighted by Gasteiger charge is -2.00. The summed E-state index contributed by atoms with van der Waals surface area (Å²) < 4.78 is 0. The van der Waals surface area contributed by atoms with Gasteiger partial charge in [-0.2, -0.15) is 0 Å². The molecule has 0 radical (unpaired) electrons. The van der Waals surface area contributed by atoms with Gasteiger partial charge >= 0.3 is 0 Å². The van der Waals surface area contributed by atoms with E-state index in [1.54, 1.807) is 0 Å². The Bertz CT molecular complexity index is 2030. The van der Waals surface area contributed by atoms with Crippen LogP contribution in [0, 0.1) is 0 Å². The van der Waals surface area contributed by atoms with Crippen LogP contribution in [0.5, 0.6) is 0 Å². The summed E-state index contributed by atoms with van der Waals surface area (Å²) in [5.74, 6) is 0. The smallest absolute Gasteiger partial charge is 0.0316 e. The molecule has 0 heteroatoms. The van der Waals surface area contributed by atoms with E-state index in [2.05, 4.69) is 243 Å². The summed E-state index contributed by atoms with van der Waals surface area (Å²) >= 11 is 0. The average Bonchev–Trinajstić information content (AvgIpc) is 3.79. The SMILES string of the molecule is C1=CCC/C=C/CC/C=C/CC/C=C\CC1.C1=CCC/C=C/CC/C=C/CC1.C1=CCC/C=C\CC1.C1=CCCC/C=C/CCC/C=C/CCC1.C1=CCCCCC/C=C/CCC1.C1=CCCCCC/C=C/CCCCC1.C1=CCCCCCC/C=C/CC1.C1=CCCCCCC/C=C/CCCCCC1. The fourth-order valence-electron chi connectivity index (χ4n) is 12.8. The Hall–Kier alpha value is -5.20. The van der Waals surface area contributed by atoms with Crippen molar-refractivity contribution in [3.8, 4) is 0 Å². The summed E-state index contributed by atoms with van der Waals surface area (Å²) in [6, 6.07) is 0. The highest BCUT2D eigenvalue weighted by atomic mass is 14.0. The molecule has 105 heavy (non-hydrogen) atoms. The third-order valence-electron chi connectivity index (χ3n) is 19.5. The normalized spacial score (nSPS) is 24.6. The third-order valence-corrected chi connectivity index (χ3v) is 19.5. The lowest BCUT2D eigenvalue weighted by Crippen LogP contribution is -1.80. The molecule has 8 aliphatic rings. The van der Waals surface area contributed by atoms with Crippen LogP contribution in [0.2, 0.25) is 0 Å². The second-order valence-corrected chi connectivity index (χ2v) is 29.8. The predicted molar refractivity (Wildman–Crippen MR) is 483 cm³/mol. The van der Waals surface area contributed by atoms with Crippen molar-refractivity contribution in [2.24, 2.45) is 0 Å². The van der Waals surface area contributed by atoms with Gasteiger partial charge in [-0.1, -0.05) is 301 Å². The second-order valence-electron chi connectivity index (χ2n) is 29.8. The Kier molecular flexibility index (Phi) is 88.4. The van der Waals surface area contributed by atoms with Gasteiger partial charge in [-0.25, -0.2) is 0 Å². The zero-order valence-corrected chi connectivity index (χ0v) is 69.1. The first-order chi connectivity index (χ1) is 52.5.